The van der Waals surface area contributed by atoms with Crippen molar-refractivity contribution in [1.82, 2.24) is 4.98 Å². The molecule has 5 nitrogen and oxygen atoms in total. The minimum Gasteiger partial charge on any atom is -0.481 e. The van der Waals surface area contributed by atoms with Crippen LogP contribution in [0, 0.1) is 5.82 Å². The van der Waals surface area contributed by atoms with Gasteiger partial charge in [0.05, 0.1) is 24.1 Å². The van der Waals surface area contributed by atoms with Crippen LogP contribution in [-0.2, 0) is 4.79 Å². The maximum Gasteiger partial charge on any atom is 0.305 e. The molecule has 0 saturated heterocycles. The van der Waals surface area contributed by atoms with E-state index in [2.05, 4.69) is 4.98 Å². The highest BCUT2D eigenvalue weighted by molar-refractivity contribution is 5.99. The summed E-state index contributed by atoms with van der Waals surface area (Å²) < 4.78 is 14.0. The zero-order valence-electron chi connectivity index (χ0n) is 16.9. The summed E-state index contributed by atoms with van der Waals surface area (Å²) in [5, 5.41) is 29.7. The Kier molecular flexibility index (Phi) is 6.11. The van der Waals surface area contributed by atoms with E-state index >= 15 is 0 Å². The molecular formula is C25H24FNO4. The quantitative estimate of drug-likeness (QED) is 0.498. The number of carboxylic acids is 1. The molecule has 31 heavy (non-hydrogen) atoms. The molecule has 1 heterocycles. The van der Waals surface area contributed by atoms with Gasteiger partial charge in [-0.3, -0.25) is 9.78 Å². The number of halogens is 1. The number of hydrogen-bond acceptors (Lipinski definition) is 4. The smallest absolute Gasteiger partial charge is 0.305 e. The van der Waals surface area contributed by atoms with E-state index in [1.807, 2.05) is 24.3 Å². The average Bonchev–Trinajstić information content (AvgIpc) is 3.56. The third-order valence-corrected chi connectivity index (χ3v) is 5.53. The number of carbonyl (C=O) groups is 1. The van der Waals surface area contributed by atoms with E-state index in [1.165, 1.54) is 12.1 Å². The maximum atomic E-state index is 14.0. The van der Waals surface area contributed by atoms with Crippen molar-refractivity contribution in [2.75, 3.05) is 0 Å². The van der Waals surface area contributed by atoms with E-state index in [4.69, 9.17) is 5.11 Å². The summed E-state index contributed by atoms with van der Waals surface area (Å²) in [6.45, 7) is 0. The molecule has 2 atom stereocenters. The van der Waals surface area contributed by atoms with Crippen LogP contribution in [0.5, 0.6) is 0 Å². The SMILES string of the molecule is O=C(O)CC(O)CC(O)/C=C\c1cnc2ccccc2c1-c1ccc(F)cc1C1CC1. The van der Waals surface area contributed by atoms with Crippen molar-refractivity contribution in [3.63, 3.8) is 0 Å². The first-order valence-electron chi connectivity index (χ1n) is 10.4. The molecule has 1 aromatic heterocycles. The molecule has 0 radical (unpaired) electrons. The summed E-state index contributed by atoms with van der Waals surface area (Å²) in [7, 11) is 0. The van der Waals surface area contributed by atoms with Gasteiger partial charge in [-0.25, -0.2) is 4.39 Å². The van der Waals surface area contributed by atoms with Crippen molar-refractivity contribution in [1.29, 1.82) is 0 Å². The van der Waals surface area contributed by atoms with Crippen LogP contribution in [0.15, 0.2) is 54.7 Å². The Bertz CT molecular complexity index is 1140. The summed E-state index contributed by atoms with van der Waals surface area (Å²) in [4.78, 5) is 15.2. The molecule has 1 aliphatic carbocycles. The predicted octanol–water partition coefficient (Wildman–Crippen LogP) is 4.52. The number of benzene rings is 2. The molecule has 6 heteroatoms. The number of carboxylic acid groups (broad SMARTS) is 1. The van der Waals surface area contributed by atoms with Crippen molar-refractivity contribution >= 4 is 22.9 Å². The molecule has 1 aliphatic rings. The zero-order chi connectivity index (χ0) is 22.0. The number of para-hydroxylation sites is 1. The molecule has 0 bridgehead atoms. The maximum absolute atomic E-state index is 14.0. The van der Waals surface area contributed by atoms with Gasteiger partial charge in [0.25, 0.3) is 0 Å². The van der Waals surface area contributed by atoms with E-state index < -0.39 is 24.6 Å². The Morgan fingerprint density at radius 1 is 1.19 bits per heavy atom. The number of rotatable bonds is 8. The first-order chi connectivity index (χ1) is 14.9. The third-order valence-electron chi connectivity index (χ3n) is 5.53. The van der Waals surface area contributed by atoms with Crippen molar-refractivity contribution in [2.45, 2.75) is 43.8 Å². The van der Waals surface area contributed by atoms with Crippen LogP contribution in [0.3, 0.4) is 0 Å². The van der Waals surface area contributed by atoms with E-state index in [0.717, 1.165) is 46.0 Å². The van der Waals surface area contributed by atoms with Gasteiger partial charge in [-0.15, -0.1) is 0 Å². The highest BCUT2D eigenvalue weighted by Gasteiger charge is 2.28. The van der Waals surface area contributed by atoms with Gasteiger partial charge in [-0.05, 0) is 48.1 Å². The number of nitrogens with zero attached hydrogens (tertiary/aromatic N) is 1. The normalized spacial score (nSPS) is 16.0. The second kappa shape index (κ2) is 8.96. The molecule has 0 spiro atoms. The number of aliphatic hydroxyl groups excluding tert-OH is 2. The van der Waals surface area contributed by atoms with Gasteiger partial charge in [0.2, 0.25) is 0 Å². The van der Waals surface area contributed by atoms with Crippen molar-refractivity contribution in [3.8, 4) is 11.1 Å². The number of aliphatic carboxylic acids is 1. The van der Waals surface area contributed by atoms with Crippen LogP contribution in [0.2, 0.25) is 0 Å². The summed E-state index contributed by atoms with van der Waals surface area (Å²) in [6, 6.07) is 12.6. The van der Waals surface area contributed by atoms with Crippen LogP contribution >= 0.6 is 0 Å². The Morgan fingerprint density at radius 2 is 1.97 bits per heavy atom. The van der Waals surface area contributed by atoms with Gasteiger partial charge in [-0.1, -0.05) is 36.4 Å². The first kappa shape index (κ1) is 21.2. The fourth-order valence-corrected chi connectivity index (χ4v) is 3.93. The van der Waals surface area contributed by atoms with Crippen LogP contribution in [0.1, 0.15) is 42.7 Å². The lowest BCUT2D eigenvalue weighted by atomic mass is 9.90. The van der Waals surface area contributed by atoms with Gasteiger partial charge in [-0.2, -0.15) is 0 Å². The van der Waals surface area contributed by atoms with Crippen molar-refractivity contribution in [3.05, 3.63) is 71.7 Å². The molecule has 0 aliphatic heterocycles. The lowest BCUT2D eigenvalue weighted by molar-refractivity contribution is -0.139. The first-order valence-corrected chi connectivity index (χ1v) is 10.4. The topological polar surface area (TPSA) is 90.7 Å². The number of fused-ring (bicyclic) bond motifs is 1. The fraction of sp³-hybridized carbons (Fsp3) is 0.280. The number of pyridine rings is 1. The zero-order valence-corrected chi connectivity index (χ0v) is 16.9. The molecule has 3 aromatic rings. The molecule has 4 rings (SSSR count). The number of hydrogen-bond donors (Lipinski definition) is 3. The predicted molar refractivity (Wildman–Crippen MR) is 117 cm³/mol. The Labute approximate surface area is 179 Å². The largest absolute Gasteiger partial charge is 0.481 e. The van der Waals surface area contributed by atoms with Gasteiger partial charge >= 0.3 is 5.97 Å². The van der Waals surface area contributed by atoms with Crippen LogP contribution < -0.4 is 0 Å². The van der Waals surface area contributed by atoms with E-state index in [9.17, 15) is 19.4 Å². The lowest BCUT2D eigenvalue weighted by Gasteiger charge is -2.16. The lowest BCUT2D eigenvalue weighted by Crippen LogP contribution is -2.19. The minimum atomic E-state index is -1.13. The van der Waals surface area contributed by atoms with Crippen LogP contribution in [-0.4, -0.2) is 38.5 Å². The molecule has 1 fully saturated rings. The van der Waals surface area contributed by atoms with Crippen molar-refractivity contribution < 1.29 is 24.5 Å². The van der Waals surface area contributed by atoms with Gasteiger partial charge in [0, 0.05) is 29.1 Å². The monoisotopic (exact) mass is 421 g/mol. The number of aliphatic hydroxyl groups is 2. The Hall–Kier alpha value is -3.09. The highest BCUT2D eigenvalue weighted by Crippen LogP contribution is 2.46. The molecule has 3 N–H and O–H groups in total. The van der Waals surface area contributed by atoms with Crippen LogP contribution in [0.25, 0.3) is 28.1 Å². The standard InChI is InChI=1S/C25H24FNO4/c26-17-8-10-20(22(11-17)15-5-6-15)25-16(14-27-23-4-2-1-3-21(23)25)7-9-18(28)12-19(29)13-24(30)31/h1-4,7-11,14-15,18-19,28-29H,5-6,12-13H2,(H,30,31)/b9-7-. The average molecular weight is 421 g/mol. The minimum absolute atomic E-state index is 0.0803. The van der Waals surface area contributed by atoms with E-state index in [-0.39, 0.29) is 12.2 Å². The fourth-order valence-electron chi connectivity index (χ4n) is 3.93. The summed E-state index contributed by atoms with van der Waals surface area (Å²) >= 11 is 0. The summed E-state index contributed by atoms with van der Waals surface area (Å²) in [5.74, 6) is -1.04. The van der Waals surface area contributed by atoms with E-state index in [0.29, 0.717) is 5.92 Å². The highest BCUT2D eigenvalue weighted by atomic mass is 19.1. The molecule has 2 unspecified atom stereocenters. The summed E-state index contributed by atoms with van der Waals surface area (Å²) in [5.41, 5.74) is 4.42. The summed E-state index contributed by atoms with van der Waals surface area (Å²) in [6.07, 6.45) is 4.39. The third kappa shape index (κ3) is 4.98. The molecular weight excluding hydrogens is 397 g/mol. The van der Waals surface area contributed by atoms with Crippen LogP contribution in [0.4, 0.5) is 4.39 Å². The second-order valence-corrected chi connectivity index (χ2v) is 8.03. The van der Waals surface area contributed by atoms with Gasteiger partial charge < -0.3 is 15.3 Å². The second-order valence-electron chi connectivity index (χ2n) is 8.03. The van der Waals surface area contributed by atoms with E-state index in [1.54, 1.807) is 24.4 Å². The molecule has 2 aromatic carbocycles. The molecule has 160 valence electrons. The Morgan fingerprint density at radius 3 is 2.71 bits per heavy atom. The van der Waals surface area contributed by atoms with Crippen molar-refractivity contribution in [2.24, 2.45) is 0 Å². The van der Waals surface area contributed by atoms with Gasteiger partial charge in [0.15, 0.2) is 0 Å². The van der Waals surface area contributed by atoms with Gasteiger partial charge in [0.1, 0.15) is 5.82 Å². The molecule has 1 saturated carbocycles. The molecule has 0 amide bonds. The Balaban J connectivity index is 1.75. The number of aromatic nitrogens is 1.